The van der Waals surface area contributed by atoms with Gasteiger partial charge in [-0.15, -0.1) is 0 Å². The maximum absolute atomic E-state index is 10.9. The summed E-state index contributed by atoms with van der Waals surface area (Å²) < 4.78 is 0. The van der Waals surface area contributed by atoms with E-state index in [-0.39, 0.29) is 6.03 Å². The number of carbonyl (C=O) groups excluding carboxylic acids is 1. The second-order valence-electron chi connectivity index (χ2n) is 4.33. The van der Waals surface area contributed by atoms with Crippen LogP contribution in [0, 0.1) is 0 Å². The molecule has 1 aliphatic rings. The van der Waals surface area contributed by atoms with E-state index in [9.17, 15) is 4.79 Å². The van der Waals surface area contributed by atoms with Crippen LogP contribution in [-0.2, 0) is 0 Å². The Balaban J connectivity index is 2.18. The Morgan fingerprint density at radius 2 is 2.19 bits per heavy atom. The van der Waals surface area contributed by atoms with Gasteiger partial charge in [0.15, 0.2) is 0 Å². The first kappa shape index (κ1) is 13.6. The highest BCUT2D eigenvalue weighted by Crippen LogP contribution is 2.11. The Bertz CT molecular complexity index is 217. The standard InChI is InChI=1S/C11H23N3OS/c1-3-16-8-9(2)13-10-4-6-14(7-5-10)11(12)15/h9-10,13H,3-8H2,1-2H3,(H2,12,15). The molecule has 0 saturated carbocycles. The van der Waals surface area contributed by atoms with Crippen molar-refractivity contribution in [2.75, 3.05) is 24.6 Å². The molecule has 0 aromatic carbocycles. The van der Waals surface area contributed by atoms with Crippen LogP contribution in [-0.4, -0.2) is 47.6 Å². The molecule has 94 valence electrons. The molecule has 4 nitrogen and oxygen atoms in total. The van der Waals surface area contributed by atoms with Crippen LogP contribution in [0.25, 0.3) is 0 Å². The van der Waals surface area contributed by atoms with E-state index in [4.69, 9.17) is 5.73 Å². The van der Waals surface area contributed by atoms with Crippen LogP contribution in [0.5, 0.6) is 0 Å². The number of primary amides is 1. The van der Waals surface area contributed by atoms with Gasteiger partial charge in [-0.05, 0) is 25.5 Å². The number of nitrogens with one attached hydrogen (secondary N) is 1. The quantitative estimate of drug-likeness (QED) is 0.766. The SMILES string of the molecule is CCSCC(C)NC1CCN(C(N)=O)CC1. The number of nitrogens with two attached hydrogens (primary N) is 1. The van der Waals surface area contributed by atoms with Crippen molar-refractivity contribution in [3.8, 4) is 0 Å². The third-order valence-electron chi connectivity index (χ3n) is 2.90. The fourth-order valence-electron chi connectivity index (χ4n) is 2.01. The van der Waals surface area contributed by atoms with Gasteiger partial charge in [0.25, 0.3) is 0 Å². The molecule has 1 rings (SSSR count). The number of nitrogens with zero attached hydrogens (tertiary/aromatic N) is 1. The van der Waals surface area contributed by atoms with Crippen LogP contribution in [0.2, 0.25) is 0 Å². The van der Waals surface area contributed by atoms with E-state index in [2.05, 4.69) is 19.2 Å². The number of rotatable bonds is 5. The molecule has 16 heavy (non-hydrogen) atoms. The molecular formula is C11H23N3OS. The van der Waals surface area contributed by atoms with Gasteiger partial charge in [0, 0.05) is 30.9 Å². The lowest BCUT2D eigenvalue weighted by molar-refractivity contribution is 0.183. The van der Waals surface area contributed by atoms with E-state index in [1.54, 1.807) is 4.90 Å². The normalized spacial score (nSPS) is 19.8. The number of carbonyl (C=O) groups is 1. The monoisotopic (exact) mass is 245 g/mol. The summed E-state index contributed by atoms with van der Waals surface area (Å²) in [5, 5.41) is 3.61. The highest BCUT2D eigenvalue weighted by Gasteiger charge is 2.21. The van der Waals surface area contributed by atoms with Crippen molar-refractivity contribution in [1.82, 2.24) is 10.2 Å². The average Bonchev–Trinajstić information content (AvgIpc) is 2.27. The molecule has 2 amide bonds. The van der Waals surface area contributed by atoms with Crippen molar-refractivity contribution in [3.63, 3.8) is 0 Å². The molecule has 1 atom stereocenters. The topological polar surface area (TPSA) is 58.4 Å². The van der Waals surface area contributed by atoms with Crippen LogP contribution in [0.4, 0.5) is 4.79 Å². The zero-order chi connectivity index (χ0) is 12.0. The second kappa shape index (κ2) is 7.01. The van der Waals surface area contributed by atoms with Crippen LogP contribution >= 0.6 is 11.8 Å². The number of urea groups is 1. The molecule has 3 N–H and O–H groups in total. The first-order chi connectivity index (χ1) is 7.63. The van der Waals surface area contributed by atoms with E-state index in [0.717, 1.165) is 31.7 Å². The summed E-state index contributed by atoms with van der Waals surface area (Å²) >= 11 is 1.96. The van der Waals surface area contributed by atoms with E-state index in [1.807, 2.05) is 11.8 Å². The van der Waals surface area contributed by atoms with Gasteiger partial charge in [-0.25, -0.2) is 4.79 Å². The van der Waals surface area contributed by atoms with E-state index in [0.29, 0.717) is 12.1 Å². The summed E-state index contributed by atoms with van der Waals surface area (Å²) in [4.78, 5) is 12.7. The molecule has 0 aromatic rings. The van der Waals surface area contributed by atoms with E-state index in [1.165, 1.54) is 5.75 Å². The van der Waals surface area contributed by atoms with Gasteiger partial charge < -0.3 is 16.0 Å². The molecule has 1 heterocycles. The molecule has 1 aliphatic heterocycles. The fraction of sp³-hybridized carbons (Fsp3) is 0.909. The molecule has 0 aromatic heterocycles. The van der Waals surface area contributed by atoms with Crippen molar-refractivity contribution in [3.05, 3.63) is 0 Å². The zero-order valence-electron chi connectivity index (χ0n) is 10.2. The smallest absolute Gasteiger partial charge is 0.314 e. The molecule has 5 heteroatoms. The largest absolute Gasteiger partial charge is 0.351 e. The molecule has 1 fully saturated rings. The van der Waals surface area contributed by atoms with Crippen LogP contribution < -0.4 is 11.1 Å². The third kappa shape index (κ3) is 4.61. The summed E-state index contributed by atoms with van der Waals surface area (Å²) in [6, 6.07) is 0.811. The fourth-order valence-corrected chi connectivity index (χ4v) is 2.70. The van der Waals surface area contributed by atoms with Gasteiger partial charge in [-0.1, -0.05) is 6.92 Å². The molecule has 0 bridgehead atoms. The van der Waals surface area contributed by atoms with Crippen molar-refractivity contribution in [2.24, 2.45) is 5.73 Å². The van der Waals surface area contributed by atoms with Gasteiger partial charge in [0.1, 0.15) is 0 Å². The predicted molar refractivity (Wildman–Crippen MR) is 69.8 cm³/mol. The summed E-state index contributed by atoms with van der Waals surface area (Å²) in [6.07, 6.45) is 2.04. The summed E-state index contributed by atoms with van der Waals surface area (Å²) in [7, 11) is 0. The van der Waals surface area contributed by atoms with Gasteiger partial charge in [0.2, 0.25) is 0 Å². The Labute approximate surface area is 102 Å². The van der Waals surface area contributed by atoms with E-state index >= 15 is 0 Å². The number of thioether (sulfide) groups is 1. The molecule has 0 spiro atoms. The molecule has 0 radical (unpaired) electrons. The van der Waals surface area contributed by atoms with Crippen molar-refractivity contribution < 1.29 is 4.79 Å². The number of piperidine rings is 1. The van der Waals surface area contributed by atoms with Gasteiger partial charge in [-0.2, -0.15) is 11.8 Å². The van der Waals surface area contributed by atoms with Crippen LogP contribution in [0.15, 0.2) is 0 Å². The van der Waals surface area contributed by atoms with Crippen LogP contribution in [0.1, 0.15) is 26.7 Å². The highest BCUT2D eigenvalue weighted by atomic mass is 32.2. The van der Waals surface area contributed by atoms with E-state index < -0.39 is 0 Å². The second-order valence-corrected chi connectivity index (χ2v) is 5.65. The third-order valence-corrected chi connectivity index (χ3v) is 4.04. The average molecular weight is 245 g/mol. The highest BCUT2D eigenvalue weighted by molar-refractivity contribution is 7.99. The lowest BCUT2D eigenvalue weighted by Gasteiger charge is -2.32. The molecule has 1 unspecified atom stereocenters. The lowest BCUT2D eigenvalue weighted by Crippen LogP contribution is -2.49. The molecule has 1 saturated heterocycles. The predicted octanol–water partition coefficient (Wildman–Crippen LogP) is 1.26. The number of hydrogen-bond donors (Lipinski definition) is 2. The Morgan fingerprint density at radius 1 is 1.56 bits per heavy atom. The van der Waals surface area contributed by atoms with Crippen molar-refractivity contribution >= 4 is 17.8 Å². The summed E-state index contributed by atoms with van der Waals surface area (Å²) in [5.41, 5.74) is 5.24. The minimum atomic E-state index is -0.284. The van der Waals surface area contributed by atoms with Gasteiger partial charge in [0.05, 0.1) is 0 Å². The lowest BCUT2D eigenvalue weighted by atomic mass is 10.0. The zero-order valence-corrected chi connectivity index (χ0v) is 11.1. The minimum absolute atomic E-state index is 0.284. The first-order valence-corrected chi connectivity index (χ1v) is 7.17. The minimum Gasteiger partial charge on any atom is -0.351 e. The maximum atomic E-state index is 10.9. The Morgan fingerprint density at radius 3 is 2.69 bits per heavy atom. The molecular weight excluding hydrogens is 222 g/mol. The van der Waals surface area contributed by atoms with Crippen LogP contribution in [0.3, 0.4) is 0 Å². The maximum Gasteiger partial charge on any atom is 0.314 e. The van der Waals surface area contributed by atoms with Crippen molar-refractivity contribution in [2.45, 2.75) is 38.8 Å². The van der Waals surface area contributed by atoms with Gasteiger partial charge >= 0.3 is 6.03 Å². The summed E-state index contributed by atoms with van der Waals surface area (Å²) in [6.45, 7) is 5.99. The first-order valence-electron chi connectivity index (χ1n) is 6.01. The molecule has 0 aliphatic carbocycles. The Hall–Kier alpha value is -0.420. The summed E-state index contributed by atoms with van der Waals surface area (Å²) in [5.74, 6) is 2.33. The Kier molecular flexibility index (Phi) is 5.98. The number of amides is 2. The van der Waals surface area contributed by atoms with Gasteiger partial charge in [-0.3, -0.25) is 0 Å². The number of likely N-dealkylation sites (tertiary alicyclic amines) is 1. The van der Waals surface area contributed by atoms with Crippen molar-refractivity contribution in [1.29, 1.82) is 0 Å². The number of hydrogen-bond acceptors (Lipinski definition) is 3.